The molecule has 11 heteroatoms. The lowest BCUT2D eigenvalue weighted by atomic mass is 10.0. The summed E-state index contributed by atoms with van der Waals surface area (Å²) in [5.74, 6) is -4.80. The molecule has 1 aliphatic heterocycles. The largest absolute Gasteiger partial charge is 0.364 e. The highest BCUT2D eigenvalue weighted by atomic mass is 19.3. The van der Waals surface area contributed by atoms with E-state index in [9.17, 15) is 22.8 Å². The van der Waals surface area contributed by atoms with Gasteiger partial charge in [0.15, 0.2) is 0 Å². The Morgan fingerprint density at radius 1 is 1.19 bits per heavy atom. The maximum absolute atomic E-state index is 13.9. The fourth-order valence-corrected chi connectivity index (χ4v) is 3.51. The number of carbonyl (C=O) groups excluding carboxylic acids is 2. The van der Waals surface area contributed by atoms with Gasteiger partial charge in [0, 0.05) is 36.8 Å². The van der Waals surface area contributed by atoms with Crippen LogP contribution >= 0.6 is 0 Å². The highest BCUT2D eigenvalue weighted by molar-refractivity contribution is 6.10. The van der Waals surface area contributed by atoms with Gasteiger partial charge in [0.25, 0.3) is 17.7 Å². The summed E-state index contributed by atoms with van der Waals surface area (Å²) in [5, 5.41) is 2.97. The van der Waals surface area contributed by atoms with Crippen LogP contribution in [0.3, 0.4) is 0 Å². The average Bonchev–Trinajstić information content (AvgIpc) is 2.75. The van der Waals surface area contributed by atoms with Gasteiger partial charge in [0.1, 0.15) is 17.3 Å². The Hall–Kier alpha value is -3.73. The number of alkyl halides is 2. The van der Waals surface area contributed by atoms with Gasteiger partial charge in [0.05, 0.1) is 17.1 Å². The maximum atomic E-state index is 13.9. The third-order valence-electron chi connectivity index (χ3n) is 5.25. The van der Waals surface area contributed by atoms with Gasteiger partial charge in [-0.1, -0.05) is 0 Å². The molecule has 4 rings (SSSR count). The van der Waals surface area contributed by atoms with Crippen LogP contribution in [0, 0.1) is 5.82 Å². The Labute approximate surface area is 180 Å². The molecule has 5 N–H and O–H groups in total. The molecule has 2 amide bonds. The SMILES string of the molecule is NC(=O)c1cc(NC(=O)c2cc3cc(F)ccc3nc2N2CCC(F)(F)[C@H](N)C2)ccn1. The minimum absolute atomic E-state index is 0.0398. The van der Waals surface area contributed by atoms with Crippen molar-refractivity contribution in [1.29, 1.82) is 0 Å². The molecule has 2 aromatic heterocycles. The van der Waals surface area contributed by atoms with Crippen LogP contribution in [0.5, 0.6) is 0 Å². The first-order valence-electron chi connectivity index (χ1n) is 9.70. The average molecular weight is 444 g/mol. The van der Waals surface area contributed by atoms with E-state index in [-0.39, 0.29) is 35.9 Å². The van der Waals surface area contributed by atoms with E-state index in [4.69, 9.17) is 11.5 Å². The smallest absolute Gasteiger partial charge is 0.267 e. The number of halogens is 3. The maximum Gasteiger partial charge on any atom is 0.267 e. The van der Waals surface area contributed by atoms with Crippen LogP contribution in [0.1, 0.15) is 27.3 Å². The number of hydrogen-bond acceptors (Lipinski definition) is 6. The fraction of sp³-hybridized carbons (Fsp3) is 0.238. The molecule has 8 nitrogen and oxygen atoms in total. The first-order valence-corrected chi connectivity index (χ1v) is 9.70. The first-order chi connectivity index (χ1) is 15.1. The third-order valence-corrected chi connectivity index (χ3v) is 5.25. The molecule has 3 aromatic rings. The summed E-state index contributed by atoms with van der Waals surface area (Å²) in [6, 6.07) is 6.63. The molecule has 0 aliphatic carbocycles. The van der Waals surface area contributed by atoms with Gasteiger partial charge in [-0.2, -0.15) is 0 Å². The number of anilines is 2. The van der Waals surface area contributed by atoms with Gasteiger partial charge in [-0.3, -0.25) is 14.6 Å². The minimum Gasteiger partial charge on any atom is -0.364 e. The zero-order chi connectivity index (χ0) is 23.0. The number of nitrogens with zero attached hydrogens (tertiary/aromatic N) is 3. The van der Waals surface area contributed by atoms with Crippen molar-refractivity contribution in [3.8, 4) is 0 Å². The predicted molar refractivity (Wildman–Crippen MR) is 112 cm³/mol. The van der Waals surface area contributed by atoms with Crippen LogP contribution in [0.4, 0.5) is 24.7 Å². The van der Waals surface area contributed by atoms with E-state index >= 15 is 0 Å². The molecular formula is C21H19F3N6O2. The number of carbonyl (C=O) groups is 2. The second kappa shape index (κ2) is 8.08. The van der Waals surface area contributed by atoms with Crippen molar-refractivity contribution in [1.82, 2.24) is 9.97 Å². The molecular weight excluding hydrogens is 425 g/mol. The van der Waals surface area contributed by atoms with Crippen molar-refractivity contribution in [3.05, 3.63) is 59.7 Å². The Balaban J connectivity index is 1.74. The van der Waals surface area contributed by atoms with Crippen LogP contribution in [-0.2, 0) is 0 Å². The van der Waals surface area contributed by atoms with Crippen molar-refractivity contribution in [2.45, 2.75) is 18.4 Å². The Morgan fingerprint density at radius 3 is 2.69 bits per heavy atom. The van der Waals surface area contributed by atoms with E-state index in [1.807, 2.05) is 0 Å². The quantitative estimate of drug-likeness (QED) is 0.567. The molecule has 0 bridgehead atoms. The number of nitrogens with two attached hydrogens (primary N) is 2. The van der Waals surface area contributed by atoms with Crippen molar-refractivity contribution in [2.75, 3.05) is 23.3 Å². The number of pyridine rings is 2. The van der Waals surface area contributed by atoms with Gasteiger partial charge in [-0.05, 0) is 36.4 Å². The molecule has 1 saturated heterocycles. The topological polar surface area (TPSA) is 127 Å². The summed E-state index contributed by atoms with van der Waals surface area (Å²) in [4.78, 5) is 34.2. The van der Waals surface area contributed by atoms with E-state index in [2.05, 4.69) is 15.3 Å². The van der Waals surface area contributed by atoms with E-state index in [0.29, 0.717) is 10.9 Å². The molecule has 1 aliphatic rings. The number of primary amides is 1. The predicted octanol–water partition coefficient (Wildman–Crippen LogP) is 2.29. The number of piperidine rings is 1. The summed E-state index contributed by atoms with van der Waals surface area (Å²) in [6.45, 7) is -0.282. The van der Waals surface area contributed by atoms with Crippen molar-refractivity contribution in [3.63, 3.8) is 0 Å². The van der Waals surface area contributed by atoms with E-state index in [0.717, 1.165) is 0 Å². The summed E-state index contributed by atoms with van der Waals surface area (Å²) < 4.78 is 41.5. The standard InChI is InChI=1S/C21H19F3N6O2/c22-12-1-2-15-11(7-12)8-14(19(29-15)30-6-4-21(23,24)17(25)10-30)20(32)28-13-3-5-27-16(9-13)18(26)31/h1-3,5,7-9,17H,4,6,10,25H2,(H2,26,31)(H,27,28,32)/t17-/m1/s1. The lowest BCUT2D eigenvalue weighted by Crippen LogP contribution is -2.55. The van der Waals surface area contributed by atoms with Crippen molar-refractivity contribution in [2.24, 2.45) is 11.5 Å². The summed E-state index contributed by atoms with van der Waals surface area (Å²) in [5.41, 5.74) is 11.5. The molecule has 1 atom stereocenters. The van der Waals surface area contributed by atoms with Crippen LogP contribution in [0.2, 0.25) is 0 Å². The second-order valence-corrected chi connectivity index (χ2v) is 7.51. The molecule has 32 heavy (non-hydrogen) atoms. The summed E-state index contributed by atoms with van der Waals surface area (Å²) >= 11 is 0. The molecule has 0 spiro atoms. The van der Waals surface area contributed by atoms with Crippen LogP contribution in [0.15, 0.2) is 42.6 Å². The van der Waals surface area contributed by atoms with Gasteiger partial charge >= 0.3 is 0 Å². The number of benzene rings is 1. The number of hydrogen-bond donors (Lipinski definition) is 3. The van der Waals surface area contributed by atoms with Gasteiger partial charge < -0.3 is 21.7 Å². The highest BCUT2D eigenvalue weighted by Crippen LogP contribution is 2.32. The van der Waals surface area contributed by atoms with Gasteiger partial charge in [-0.15, -0.1) is 0 Å². The third kappa shape index (κ3) is 4.19. The number of nitrogens with one attached hydrogen (secondary N) is 1. The van der Waals surface area contributed by atoms with Crippen LogP contribution in [0.25, 0.3) is 10.9 Å². The summed E-state index contributed by atoms with van der Waals surface area (Å²) in [6.07, 6.45) is 0.807. The number of fused-ring (bicyclic) bond motifs is 1. The number of aromatic nitrogens is 2. The van der Waals surface area contributed by atoms with Crippen molar-refractivity contribution >= 4 is 34.2 Å². The minimum atomic E-state index is -3.03. The fourth-order valence-electron chi connectivity index (χ4n) is 3.51. The Morgan fingerprint density at radius 2 is 1.97 bits per heavy atom. The summed E-state index contributed by atoms with van der Waals surface area (Å²) in [7, 11) is 0. The second-order valence-electron chi connectivity index (χ2n) is 7.51. The monoisotopic (exact) mass is 444 g/mol. The molecule has 0 radical (unpaired) electrons. The van der Waals surface area contributed by atoms with Gasteiger partial charge in [0.2, 0.25) is 0 Å². The Bertz CT molecular complexity index is 1220. The molecule has 1 fully saturated rings. The lowest BCUT2D eigenvalue weighted by Gasteiger charge is -2.37. The van der Waals surface area contributed by atoms with E-state index < -0.39 is 36.0 Å². The molecule has 166 valence electrons. The zero-order valence-corrected chi connectivity index (χ0v) is 16.7. The molecule has 1 aromatic carbocycles. The Kier molecular flexibility index (Phi) is 5.43. The number of amides is 2. The normalized spacial score (nSPS) is 17.9. The van der Waals surface area contributed by atoms with Crippen LogP contribution < -0.4 is 21.7 Å². The molecule has 0 saturated carbocycles. The van der Waals surface area contributed by atoms with Gasteiger partial charge in [-0.25, -0.2) is 18.2 Å². The number of rotatable bonds is 4. The first kappa shape index (κ1) is 21.5. The molecule has 0 unspecified atom stereocenters. The highest BCUT2D eigenvalue weighted by Gasteiger charge is 2.42. The molecule has 3 heterocycles. The van der Waals surface area contributed by atoms with E-state index in [1.54, 1.807) is 0 Å². The van der Waals surface area contributed by atoms with Crippen molar-refractivity contribution < 1.29 is 22.8 Å². The van der Waals surface area contributed by atoms with E-state index in [1.165, 1.54) is 47.5 Å². The zero-order valence-electron chi connectivity index (χ0n) is 16.7. The lowest BCUT2D eigenvalue weighted by molar-refractivity contribution is -0.0394. The van der Waals surface area contributed by atoms with Crippen LogP contribution in [-0.4, -0.2) is 46.8 Å².